The van der Waals surface area contributed by atoms with Crippen molar-refractivity contribution in [1.82, 2.24) is 5.32 Å². The molecule has 2 N–H and O–H groups in total. The van der Waals surface area contributed by atoms with Gasteiger partial charge in [0.05, 0.1) is 12.7 Å². The van der Waals surface area contributed by atoms with Crippen LogP contribution in [0.4, 0.5) is 0 Å². The van der Waals surface area contributed by atoms with Gasteiger partial charge < -0.3 is 15.2 Å². The normalized spacial score (nSPS) is 24.6. The second kappa shape index (κ2) is 7.63. The summed E-state index contributed by atoms with van der Waals surface area (Å²) >= 11 is 0. The van der Waals surface area contributed by atoms with Crippen LogP contribution >= 0.6 is 0 Å². The fourth-order valence-electron chi connectivity index (χ4n) is 2.00. The van der Waals surface area contributed by atoms with Crippen LogP contribution in [-0.4, -0.2) is 36.9 Å². The molecule has 1 rings (SSSR count). The Balaban J connectivity index is 2.01. The van der Waals surface area contributed by atoms with Crippen molar-refractivity contribution < 1.29 is 14.6 Å². The van der Waals surface area contributed by atoms with Gasteiger partial charge in [0.25, 0.3) is 0 Å². The summed E-state index contributed by atoms with van der Waals surface area (Å²) in [4.78, 5) is 11.4. The molecule has 2 unspecified atom stereocenters. The van der Waals surface area contributed by atoms with Crippen molar-refractivity contribution in [2.75, 3.05) is 19.8 Å². The highest BCUT2D eigenvalue weighted by molar-refractivity contribution is 5.75. The number of aliphatic hydroxyl groups is 1. The average molecular weight is 229 g/mol. The summed E-state index contributed by atoms with van der Waals surface area (Å²) in [6.07, 6.45) is 4.14. The Kier molecular flexibility index (Phi) is 6.42. The van der Waals surface area contributed by atoms with Gasteiger partial charge in [-0.1, -0.05) is 13.3 Å². The number of hydrogen-bond acceptors (Lipinski definition) is 3. The average Bonchev–Trinajstić information content (AvgIpc) is 2.67. The molecule has 1 aliphatic carbocycles. The molecule has 0 heterocycles. The van der Waals surface area contributed by atoms with E-state index < -0.39 is 0 Å². The Labute approximate surface area is 97.4 Å². The van der Waals surface area contributed by atoms with Gasteiger partial charge in [0, 0.05) is 25.5 Å². The van der Waals surface area contributed by atoms with Gasteiger partial charge in [-0.05, 0) is 19.3 Å². The Morgan fingerprint density at radius 3 is 2.88 bits per heavy atom. The minimum absolute atomic E-state index is 0.0233. The third-order valence-corrected chi connectivity index (χ3v) is 3.00. The van der Waals surface area contributed by atoms with Crippen molar-refractivity contribution in [3.63, 3.8) is 0 Å². The van der Waals surface area contributed by atoms with Crippen molar-refractivity contribution >= 4 is 5.91 Å². The Hall–Kier alpha value is -0.610. The summed E-state index contributed by atoms with van der Waals surface area (Å²) < 4.78 is 5.24. The number of aliphatic hydroxyl groups excluding tert-OH is 1. The van der Waals surface area contributed by atoms with E-state index in [0.29, 0.717) is 26.2 Å². The van der Waals surface area contributed by atoms with Crippen LogP contribution in [0.5, 0.6) is 0 Å². The summed E-state index contributed by atoms with van der Waals surface area (Å²) in [5.41, 5.74) is 0. The highest BCUT2D eigenvalue weighted by atomic mass is 16.5. The van der Waals surface area contributed by atoms with Crippen LogP contribution in [0.2, 0.25) is 0 Å². The maximum atomic E-state index is 11.4. The monoisotopic (exact) mass is 229 g/mol. The van der Waals surface area contributed by atoms with Crippen LogP contribution in [0, 0.1) is 5.92 Å². The molecule has 0 spiro atoms. The number of rotatable bonds is 7. The topological polar surface area (TPSA) is 58.6 Å². The van der Waals surface area contributed by atoms with Crippen LogP contribution in [0.15, 0.2) is 0 Å². The van der Waals surface area contributed by atoms with Crippen LogP contribution in [0.1, 0.15) is 39.0 Å². The molecule has 0 aromatic heterocycles. The molecule has 0 aromatic carbocycles. The first-order valence-electron chi connectivity index (χ1n) is 6.26. The molecular formula is C12H23NO3. The summed E-state index contributed by atoms with van der Waals surface area (Å²) in [6, 6.07) is 0. The number of hydrogen-bond donors (Lipinski definition) is 2. The van der Waals surface area contributed by atoms with E-state index in [1.807, 2.05) is 6.92 Å². The smallest absolute Gasteiger partial charge is 0.222 e. The maximum Gasteiger partial charge on any atom is 0.222 e. The highest BCUT2D eigenvalue weighted by Crippen LogP contribution is 2.24. The lowest BCUT2D eigenvalue weighted by Crippen LogP contribution is -2.32. The minimum Gasteiger partial charge on any atom is -0.393 e. The van der Waals surface area contributed by atoms with Gasteiger partial charge in [-0.15, -0.1) is 0 Å². The van der Waals surface area contributed by atoms with Gasteiger partial charge in [-0.2, -0.15) is 0 Å². The lowest BCUT2D eigenvalue weighted by molar-refractivity contribution is -0.122. The highest BCUT2D eigenvalue weighted by Gasteiger charge is 2.25. The lowest BCUT2D eigenvalue weighted by Gasteiger charge is -2.14. The molecule has 2 atom stereocenters. The number of carbonyl (C=O) groups is 1. The molecule has 94 valence electrons. The standard InChI is InChI=1S/C12H23NO3/c1-2-7-16-8-6-12(15)13-9-10-4-3-5-11(10)14/h10-11,14H,2-9H2,1H3,(H,13,15). The molecule has 1 aliphatic rings. The summed E-state index contributed by atoms with van der Waals surface area (Å²) in [6.45, 7) is 3.86. The van der Waals surface area contributed by atoms with Crippen LogP contribution < -0.4 is 5.32 Å². The largest absolute Gasteiger partial charge is 0.393 e. The van der Waals surface area contributed by atoms with E-state index in [4.69, 9.17) is 4.74 Å². The zero-order chi connectivity index (χ0) is 11.8. The molecule has 1 saturated carbocycles. The van der Waals surface area contributed by atoms with Crippen molar-refractivity contribution in [2.45, 2.75) is 45.1 Å². The molecule has 1 amide bonds. The van der Waals surface area contributed by atoms with Crippen molar-refractivity contribution in [3.8, 4) is 0 Å². The van der Waals surface area contributed by atoms with Gasteiger partial charge in [-0.25, -0.2) is 0 Å². The third kappa shape index (κ3) is 4.94. The molecule has 0 aromatic rings. The lowest BCUT2D eigenvalue weighted by atomic mass is 10.1. The van der Waals surface area contributed by atoms with Crippen molar-refractivity contribution in [2.24, 2.45) is 5.92 Å². The molecule has 0 aliphatic heterocycles. The number of nitrogens with one attached hydrogen (secondary N) is 1. The van der Waals surface area contributed by atoms with Crippen LogP contribution in [0.3, 0.4) is 0 Å². The third-order valence-electron chi connectivity index (χ3n) is 3.00. The van der Waals surface area contributed by atoms with E-state index in [-0.39, 0.29) is 17.9 Å². The maximum absolute atomic E-state index is 11.4. The number of amides is 1. The van der Waals surface area contributed by atoms with E-state index in [1.54, 1.807) is 0 Å². The summed E-state index contributed by atoms with van der Waals surface area (Å²) in [7, 11) is 0. The zero-order valence-corrected chi connectivity index (χ0v) is 10.1. The quantitative estimate of drug-likeness (QED) is 0.642. The molecule has 0 saturated heterocycles. The minimum atomic E-state index is -0.225. The molecule has 0 radical (unpaired) electrons. The molecule has 0 bridgehead atoms. The summed E-state index contributed by atoms with van der Waals surface area (Å²) in [5.74, 6) is 0.274. The van der Waals surface area contributed by atoms with E-state index >= 15 is 0 Å². The van der Waals surface area contributed by atoms with Crippen LogP contribution in [0.25, 0.3) is 0 Å². The molecule has 4 heteroatoms. The molecule has 16 heavy (non-hydrogen) atoms. The van der Waals surface area contributed by atoms with Gasteiger partial charge in [0.15, 0.2) is 0 Å². The number of ether oxygens (including phenoxy) is 1. The van der Waals surface area contributed by atoms with Gasteiger partial charge >= 0.3 is 0 Å². The molecule has 1 fully saturated rings. The fraction of sp³-hybridized carbons (Fsp3) is 0.917. The predicted molar refractivity (Wildman–Crippen MR) is 62.1 cm³/mol. The van der Waals surface area contributed by atoms with E-state index in [9.17, 15) is 9.90 Å². The fourth-order valence-corrected chi connectivity index (χ4v) is 2.00. The first-order valence-corrected chi connectivity index (χ1v) is 6.26. The van der Waals surface area contributed by atoms with E-state index in [2.05, 4.69) is 5.32 Å². The Bertz CT molecular complexity index is 208. The Morgan fingerprint density at radius 1 is 1.44 bits per heavy atom. The second-order valence-electron chi connectivity index (χ2n) is 4.42. The first kappa shape index (κ1) is 13.5. The summed E-state index contributed by atoms with van der Waals surface area (Å²) in [5, 5.41) is 12.4. The molecule has 4 nitrogen and oxygen atoms in total. The van der Waals surface area contributed by atoms with Gasteiger partial charge in [0.2, 0.25) is 5.91 Å². The van der Waals surface area contributed by atoms with Crippen LogP contribution in [-0.2, 0) is 9.53 Å². The van der Waals surface area contributed by atoms with Crippen molar-refractivity contribution in [1.29, 1.82) is 0 Å². The van der Waals surface area contributed by atoms with E-state index in [0.717, 1.165) is 25.7 Å². The Morgan fingerprint density at radius 2 is 2.25 bits per heavy atom. The predicted octanol–water partition coefficient (Wildman–Crippen LogP) is 1.08. The zero-order valence-electron chi connectivity index (χ0n) is 10.1. The van der Waals surface area contributed by atoms with Crippen molar-refractivity contribution in [3.05, 3.63) is 0 Å². The van der Waals surface area contributed by atoms with Gasteiger partial charge in [0.1, 0.15) is 0 Å². The van der Waals surface area contributed by atoms with E-state index in [1.165, 1.54) is 0 Å². The SMILES string of the molecule is CCCOCCC(=O)NCC1CCCC1O. The van der Waals surface area contributed by atoms with Gasteiger partial charge in [-0.3, -0.25) is 4.79 Å². The number of carbonyl (C=O) groups excluding carboxylic acids is 1. The first-order chi connectivity index (χ1) is 7.74. The second-order valence-corrected chi connectivity index (χ2v) is 4.42. The molecular weight excluding hydrogens is 206 g/mol.